The van der Waals surface area contributed by atoms with Gasteiger partial charge in [0.05, 0.1) is 74.2 Å². The molecule has 107 heavy (non-hydrogen) atoms. The van der Waals surface area contributed by atoms with E-state index in [0.29, 0.717) is 28.2 Å². The molecule has 6 aliphatic heterocycles. The molecule has 8 aromatic carbocycles. The number of carbonyl (C=O) groups excluding carboxylic acids is 8. The van der Waals surface area contributed by atoms with Crippen LogP contribution in [0, 0.1) is 6.92 Å². The van der Waals surface area contributed by atoms with Crippen molar-refractivity contribution in [2.45, 2.75) is 99.5 Å². The van der Waals surface area contributed by atoms with Gasteiger partial charge in [-0.05, 0) is 184 Å². The standard InChI is InChI=1S/C21H20Cl2N2O3.C20H18Cl2N2O3.C19H13Cl2N3O3.C19H15Cl2NO3/c1-12-10-13(4-7-16(12)25-8-2-3-9-25)17(26)11-21(28)18-14(22)5-6-15(23)19(18)24-20(21)27;21-14-7-8-15(22)18-17(14)20(27,19(26)23-18)11-16(25)12-3-5-13(6-4-12)24-9-1-2-10-24;20-13-6-7-14(21)17-16(13)19(27,18(26)23-17)10-15(25)11-2-4-12(5-3-11)24-9-1-8-22-24;20-13-7-8-14(21)17-16(13)19(25,18(24)22-17)9-15(23)12-5-3-11(4-6-12)10-1-2-10/h4-7,10,28H,2-3,8-9,11H2,1H3,(H,24,27);3-8,27H,1-2,9-11H2,(H,23,26);1-9,27H,10H2,(H,23,26);3-8,10,25H,1-2,9H2,(H,22,24). The van der Waals surface area contributed by atoms with Crippen molar-refractivity contribution in [1.82, 2.24) is 9.78 Å². The number of aromatic nitrogens is 2. The second-order valence-corrected chi connectivity index (χ2v) is 30.4. The molecule has 0 spiro atoms. The van der Waals surface area contributed by atoms with E-state index in [-0.39, 0.29) is 103 Å². The minimum Gasteiger partial charge on any atom is -0.375 e. The third kappa shape index (κ3) is 15.0. The monoisotopic (exact) mass is 1600 g/mol. The van der Waals surface area contributed by atoms with Gasteiger partial charge in [-0.15, -0.1) is 0 Å². The van der Waals surface area contributed by atoms with E-state index in [2.05, 4.69) is 36.2 Å². The number of hydrogen-bond acceptors (Lipinski definition) is 15. The van der Waals surface area contributed by atoms with Crippen molar-refractivity contribution in [3.05, 3.63) is 254 Å². The zero-order valence-corrected chi connectivity index (χ0v) is 62.9. The lowest BCUT2D eigenvalue weighted by molar-refractivity contribution is -0.133. The molecule has 8 N–H and O–H groups in total. The lowest BCUT2D eigenvalue weighted by atomic mass is 9.87. The molecule has 1 aromatic heterocycles. The number of nitrogens with zero attached hydrogens (tertiary/aromatic N) is 4. The van der Waals surface area contributed by atoms with Crippen molar-refractivity contribution in [1.29, 1.82) is 0 Å². The highest BCUT2D eigenvalue weighted by molar-refractivity contribution is 6.41. The van der Waals surface area contributed by atoms with Crippen molar-refractivity contribution in [3.8, 4) is 5.69 Å². The van der Waals surface area contributed by atoms with E-state index in [4.69, 9.17) is 92.8 Å². The van der Waals surface area contributed by atoms with E-state index in [9.17, 15) is 58.8 Å². The first-order chi connectivity index (χ1) is 51.0. The molecule has 28 heteroatoms. The number of amides is 4. The van der Waals surface area contributed by atoms with Crippen LogP contribution in [0.1, 0.15) is 145 Å². The van der Waals surface area contributed by atoms with Gasteiger partial charge in [-0.25, -0.2) is 4.68 Å². The smallest absolute Gasteiger partial charge is 0.261 e. The van der Waals surface area contributed by atoms with Crippen molar-refractivity contribution in [2.75, 3.05) is 57.2 Å². The molecule has 9 aromatic rings. The molecule has 16 rings (SSSR count). The number of fused-ring (bicyclic) bond motifs is 4. The molecular formula is C79H66Cl8N8O12. The normalized spacial score (nSPS) is 20.6. The maximum absolute atomic E-state index is 12.9. The van der Waals surface area contributed by atoms with Crippen LogP contribution in [0.3, 0.4) is 0 Å². The summed E-state index contributed by atoms with van der Waals surface area (Å²) in [6.07, 6.45) is 8.83. The summed E-state index contributed by atoms with van der Waals surface area (Å²) in [5.74, 6) is -3.63. The van der Waals surface area contributed by atoms with Crippen LogP contribution in [0.25, 0.3) is 5.69 Å². The summed E-state index contributed by atoms with van der Waals surface area (Å²) >= 11 is 49.1. The van der Waals surface area contributed by atoms with E-state index in [1.54, 1.807) is 77.7 Å². The summed E-state index contributed by atoms with van der Waals surface area (Å²) in [4.78, 5) is 105. The van der Waals surface area contributed by atoms with Gasteiger partial charge >= 0.3 is 0 Å². The van der Waals surface area contributed by atoms with Gasteiger partial charge in [-0.3, -0.25) is 38.4 Å². The highest BCUT2D eigenvalue weighted by Gasteiger charge is 2.53. The Morgan fingerprint density at radius 3 is 1.05 bits per heavy atom. The Bertz CT molecular complexity index is 5110. The molecule has 20 nitrogen and oxygen atoms in total. The molecule has 0 bridgehead atoms. The van der Waals surface area contributed by atoms with Gasteiger partial charge < -0.3 is 51.5 Å². The van der Waals surface area contributed by atoms with Gasteiger partial charge in [-0.1, -0.05) is 117 Å². The number of nitrogens with one attached hydrogen (secondary N) is 4. The summed E-state index contributed by atoms with van der Waals surface area (Å²) in [6.45, 7) is 6.04. The number of hydrogen-bond donors (Lipinski definition) is 8. The molecule has 3 fully saturated rings. The van der Waals surface area contributed by atoms with Crippen LogP contribution in [0.2, 0.25) is 40.2 Å². The minimum absolute atomic E-state index is 0.128. The molecule has 7 heterocycles. The van der Waals surface area contributed by atoms with Gasteiger partial charge in [0.1, 0.15) is 0 Å². The predicted octanol–water partition coefficient (Wildman–Crippen LogP) is 16.2. The lowest BCUT2D eigenvalue weighted by Crippen LogP contribution is -2.36. The number of halogens is 8. The average Bonchev–Trinajstić information content (AvgIpc) is 1.62. The van der Waals surface area contributed by atoms with Crippen LogP contribution in [-0.2, 0) is 41.6 Å². The van der Waals surface area contributed by atoms with E-state index >= 15 is 0 Å². The molecule has 0 radical (unpaired) electrons. The zero-order chi connectivity index (χ0) is 76.2. The van der Waals surface area contributed by atoms with Gasteiger partial charge in [0.25, 0.3) is 23.6 Å². The number of Topliss-reactive ketones (excluding diaryl/α,β-unsaturated/α-hetero) is 4. The van der Waals surface area contributed by atoms with E-state index in [1.807, 2.05) is 43.3 Å². The van der Waals surface area contributed by atoms with Crippen LogP contribution in [0.15, 0.2) is 158 Å². The summed E-state index contributed by atoms with van der Waals surface area (Å²) in [5, 5.41) is 60.0. The first kappa shape index (κ1) is 76.5. The average molecular weight is 1600 g/mol. The van der Waals surface area contributed by atoms with E-state index < -0.39 is 77.5 Å². The Morgan fingerprint density at radius 2 is 0.720 bits per heavy atom. The maximum Gasteiger partial charge on any atom is 0.261 e. The first-order valence-electron chi connectivity index (χ1n) is 34.1. The van der Waals surface area contributed by atoms with Crippen LogP contribution >= 0.6 is 92.8 Å². The van der Waals surface area contributed by atoms with Crippen molar-refractivity contribution in [3.63, 3.8) is 0 Å². The number of aliphatic hydroxyl groups is 4. The highest BCUT2D eigenvalue weighted by Crippen LogP contribution is 2.51. The molecule has 1 saturated carbocycles. The minimum atomic E-state index is -2.07. The second-order valence-electron chi connectivity index (χ2n) is 27.1. The Morgan fingerprint density at radius 1 is 0.411 bits per heavy atom. The second kappa shape index (κ2) is 30.7. The fourth-order valence-electron chi connectivity index (χ4n) is 14.2. The Balaban J connectivity index is 0.000000126. The summed E-state index contributed by atoms with van der Waals surface area (Å²) in [5.41, 5.74) is 0.326. The quantitative estimate of drug-likeness (QED) is 0.0417. The summed E-state index contributed by atoms with van der Waals surface area (Å²) in [6, 6.07) is 40.7. The zero-order valence-electron chi connectivity index (χ0n) is 56.9. The van der Waals surface area contributed by atoms with Gasteiger partial charge in [0, 0.05) is 115 Å². The van der Waals surface area contributed by atoms with Gasteiger partial charge in [-0.2, -0.15) is 5.10 Å². The third-order valence-corrected chi connectivity index (χ3v) is 22.6. The number of ketones is 4. The van der Waals surface area contributed by atoms with Crippen molar-refractivity contribution >= 4 is 174 Å². The molecule has 4 unspecified atom stereocenters. The Labute approximate surface area is 653 Å². The molecule has 550 valence electrons. The Kier molecular flexibility index (Phi) is 22.0. The largest absolute Gasteiger partial charge is 0.375 e. The lowest BCUT2D eigenvalue weighted by Gasteiger charge is -2.22. The predicted molar refractivity (Wildman–Crippen MR) is 414 cm³/mol. The molecule has 4 atom stereocenters. The molecule has 2 saturated heterocycles. The molecule has 7 aliphatic rings. The van der Waals surface area contributed by atoms with E-state index in [1.165, 1.54) is 92.6 Å². The SMILES string of the molecule is Cc1cc(C(=O)CC2(O)C(=O)Nc3c(Cl)ccc(Cl)c32)ccc1N1CCCC1.O=C(CC1(O)C(=O)Nc2c(Cl)ccc(Cl)c21)c1ccc(-n2cccn2)cc1.O=C(CC1(O)C(=O)Nc2c(Cl)ccc(Cl)c21)c1ccc(C2CC2)cc1.O=C(CC1(O)C(=O)Nc2c(Cl)ccc(Cl)c21)c1ccc(N2CCCC2)cc1. The summed E-state index contributed by atoms with van der Waals surface area (Å²) < 4.78 is 1.66. The van der Waals surface area contributed by atoms with Crippen LogP contribution in [-0.4, -0.2) is 103 Å². The van der Waals surface area contributed by atoms with Crippen LogP contribution in [0.5, 0.6) is 0 Å². The maximum atomic E-state index is 12.9. The van der Waals surface area contributed by atoms with Gasteiger partial charge in [0.2, 0.25) is 0 Å². The van der Waals surface area contributed by atoms with Crippen LogP contribution in [0.4, 0.5) is 34.1 Å². The topological polar surface area (TPSA) is 290 Å². The van der Waals surface area contributed by atoms with Gasteiger partial charge in [0.15, 0.2) is 45.5 Å². The fraction of sp³-hybridized carbons (Fsp3) is 0.253. The number of anilines is 6. The number of aryl methyl sites for hydroxylation is 1. The van der Waals surface area contributed by atoms with Crippen molar-refractivity contribution < 1.29 is 58.8 Å². The van der Waals surface area contributed by atoms with Crippen molar-refractivity contribution in [2.24, 2.45) is 0 Å². The van der Waals surface area contributed by atoms with E-state index in [0.717, 1.165) is 48.8 Å². The molecular weight excluding hydrogens is 1540 g/mol. The Hall–Kier alpha value is -8.71. The fourth-order valence-corrected chi connectivity index (χ4v) is 16.3. The van der Waals surface area contributed by atoms with Crippen LogP contribution < -0.4 is 31.1 Å². The number of benzene rings is 8. The summed E-state index contributed by atoms with van der Waals surface area (Å²) in [7, 11) is 0. The first-order valence-corrected chi connectivity index (χ1v) is 37.2. The molecule has 1 aliphatic carbocycles. The molecule has 4 amide bonds. The number of carbonyl (C=O) groups is 8. The third-order valence-electron chi connectivity index (χ3n) is 20.1. The number of rotatable bonds is 16. The highest BCUT2D eigenvalue weighted by atomic mass is 35.5.